The molecule has 0 spiro atoms. The number of nitrogens with zero attached hydrogens (tertiary/aromatic N) is 3. The van der Waals surface area contributed by atoms with Crippen molar-refractivity contribution in [3.05, 3.63) is 10.4 Å². The van der Waals surface area contributed by atoms with Crippen molar-refractivity contribution in [2.75, 3.05) is 6.61 Å². The number of hydrogen-bond acceptors (Lipinski definition) is 4. The van der Waals surface area contributed by atoms with Crippen LogP contribution in [0.25, 0.3) is 10.4 Å². The molecule has 0 aromatic heterocycles. The Morgan fingerprint density at radius 3 is 2.14 bits per heavy atom. The molecule has 0 saturated carbocycles. The second kappa shape index (κ2) is 7.84. The summed E-state index contributed by atoms with van der Waals surface area (Å²) in [5, 5.41) is 3.94. The normalized spacial score (nSPS) is 18.5. The van der Waals surface area contributed by atoms with Gasteiger partial charge in [-0.05, 0) is 44.6 Å². The first-order chi connectivity index (χ1) is 9.95. The van der Waals surface area contributed by atoms with E-state index in [0.717, 1.165) is 0 Å². The first-order valence-corrected chi connectivity index (χ1v) is 7.84. The van der Waals surface area contributed by atoms with Crippen molar-refractivity contribution < 1.29 is 14.3 Å². The fourth-order valence-electron chi connectivity index (χ4n) is 2.76. The zero-order valence-electron chi connectivity index (χ0n) is 15.3. The predicted molar refractivity (Wildman–Crippen MR) is 87.2 cm³/mol. The fourth-order valence-corrected chi connectivity index (χ4v) is 2.76. The van der Waals surface area contributed by atoms with Gasteiger partial charge in [0.1, 0.15) is 0 Å². The predicted octanol–water partition coefficient (Wildman–Crippen LogP) is 4.83. The van der Waals surface area contributed by atoms with Crippen LogP contribution in [0.5, 0.6) is 0 Å². The van der Waals surface area contributed by atoms with Crippen molar-refractivity contribution in [1.82, 2.24) is 0 Å². The van der Waals surface area contributed by atoms with Gasteiger partial charge in [0.05, 0.1) is 11.0 Å². The lowest BCUT2D eigenvalue weighted by Gasteiger charge is -2.44. The van der Waals surface area contributed by atoms with Crippen molar-refractivity contribution in [2.24, 2.45) is 15.9 Å². The van der Waals surface area contributed by atoms with Gasteiger partial charge in [-0.15, -0.1) is 0 Å². The first-order valence-electron chi connectivity index (χ1n) is 7.84. The van der Waals surface area contributed by atoms with Gasteiger partial charge in [-0.1, -0.05) is 39.7 Å². The molecule has 3 atom stereocenters. The van der Waals surface area contributed by atoms with Crippen LogP contribution in [0.3, 0.4) is 0 Å². The maximum Gasteiger partial charge on any atom is 0.314 e. The molecular weight excluding hydrogens is 282 g/mol. The summed E-state index contributed by atoms with van der Waals surface area (Å²) in [5.74, 6) is -0.389. The molecule has 0 aliphatic carbocycles. The highest BCUT2D eigenvalue weighted by molar-refractivity contribution is 5.78. The van der Waals surface area contributed by atoms with E-state index in [4.69, 9.17) is 15.0 Å². The molecule has 0 heterocycles. The van der Waals surface area contributed by atoms with Gasteiger partial charge in [0.25, 0.3) is 0 Å². The summed E-state index contributed by atoms with van der Waals surface area (Å²) in [6, 6.07) is 0. The molecule has 0 N–H and O–H groups in total. The molecule has 0 saturated heterocycles. The van der Waals surface area contributed by atoms with Crippen LogP contribution in [-0.4, -0.2) is 24.4 Å². The quantitative estimate of drug-likeness (QED) is 0.211. The van der Waals surface area contributed by atoms with Gasteiger partial charge in [-0.2, -0.15) is 0 Å². The van der Waals surface area contributed by atoms with Gasteiger partial charge >= 0.3 is 5.97 Å². The second-order valence-electron chi connectivity index (χ2n) is 7.31. The summed E-state index contributed by atoms with van der Waals surface area (Å²) in [6.45, 7) is 15.7. The molecule has 0 aromatic rings. The minimum atomic E-state index is -0.933. The van der Waals surface area contributed by atoms with E-state index in [-0.39, 0.29) is 11.4 Å². The highest BCUT2D eigenvalue weighted by Gasteiger charge is 2.52. The lowest BCUT2D eigenvalue weighted by atomic mass is 9.63. The van der Waals surface area contributed by atoms with Crippen molar-refractivity contribution in [3.8, 4) is 0 Å². The van der Waals surface area contributed by atoms with E-state index >= 15 is 0 Å². The molecule has 0 aromatic carbocycles. The van der Waals surface area contributed by atoms with Crippen molar-refractivity contribution >= 4 is 5.97 Å². The Morgan fingerprint density at radius 1 is 1.23 bits per heavy atom. The molecule has 6 nitrogen and oxygen atoms in total. The van der Waals surface area contributed by atoms with Crippen LogP contribution >= 0.6 is 0 Å². The molecule has 0 fully saturated rings. The Morgan fingerprint density at radius 2 is 1.77 bits per heavy atom. The highest BCUT2D eigenvalue weighted by atomic mass is 16.7. The number of carbonyl (C=O) groups is 1. The zero-order valence-corrected chi connectivity index (χ0v) is 15.3. The molecule has 128 valence electrons. The Kier molecular flexibility index (Phi) is 7.39. The van der Waals surface area contributed by atoms with E-state index in [1.807, 2.05) is 27.7 Å². The van der Waals surface area contributed by atoms with Crippen LogP contribution in [0.2, 0.25) is 0 Å². The van der Waals surface area contributed by atoms with Crippen LogP contribution in [0.1, 0.15) is 68.2 Å². The summed E-state index contributed by atoms with van der Waals surface area (Å²) < 4.78 is 10.7. The number of hydrogen-bond donors (Lipinski definition) is 0. The molecule has 22 heavy (non-hydrogen) atoms. The molecule has 0 bridgehead atoms. The molecular formula is C16H31N3O3. The fraction of sp³-hybridized carbons (Fsp3) is 0.938. The topological polar surface area (TPSA) is 84.3 Å². The van der Waals surface area contributed by atoms with Crippen LogP contribution in [0.15, 0.2) is 5.11 Å². The lowest BCUT2D eigenvalue weighted by Crippen LogP contribution is -2.51. The van der Waals surface area contributed by atoms with E-state index < -0.39 is 17.2 Å². The van der Waals surface area contributed by atoms with Crippen LogP contribution in [-0.2, 0) is 14.3 Å². The lowest BCUT2D eigenvalue weighted by molar-refractivity contribution is -0.190. The van der Waals surface area contributed by atoms with E-state index in [2.05, 4.69) is 30.8 Å². The first kappa shape index (κ1) is 20.7. The van der Waals surface area contributed by atoms with Crippen molar-refractivity contribution in [2.45, 2.75) is 80.1 Å². The van der Waals surface area contributed by atoms with Gasteiger partial charge in [0, 0.05) is 11.5 Å². The Hall–Kier alpha value is -1.26. The molecule has 6 heteroatoms. The average Bonchev–Trinajstić information content (AvgIpc) is 2.36. The van der Waals surface area contributed by atoms with Crippen molar-refractivity contribution in [3.63, 3.8) is 0 Å². The Balaban J connectivity index is 5.70. The van der Waals surface area contributed by atoms with Crippen LogP contribution < -0.4 is 0 Å². The summed E-state index contributed by atoms with van der Waals surface area (Å²) in [7, 11) is 0. The second-order valence-corrected chi connectivity index (χ2v) is 7.31. The van der Waals surface area contributed by atoms with Gasteiger partial charge in [-0.3, -0.25) is 4.79 Å². The van der Waals surface area contributed by atoms with Crippen LogP contribution in [0, 0.1) is 10.8 Å². The largest absolute Gasteiger partial charge is 0.436 e. The van der Waals surface area contributed by atoms with E-state index in [0.29, 0.717) is 19.4 Å². The molecule has 0 amide bonds. The zero-order chi connectivity index (χ0) is 17.6. The third kappa shape index (κ3) is 5.18. The molecule has 0 aliphatic heterocycles. The van der Waals surface area contributed by atoms with Gasteiger partial charge in [-0.25, -0.2) is 0 Å². The van der Waals surface area contributed by atoms with Gasteiger partial charge < -0.3 is 9.47 Å². The standard InChI is InChI=1S/C16H31N3O3/c1-9-16(8,18-19-17)15(7,11-14(4,5)6)13(20)22-12(3)21-10-2/h12H,9-11H2,1-8H3. The summed E-state index contributed by atoms with van der Waals surface area (Å²) in [4.78, 5) is 15.8. The minimum Gasteiger partial charge on any atom is -0.436 e. The Bertz CT molecular complexity index is 427. The molecule has 0 aliphatic rings. The van der Waals surface area contributed by atoms with E-state index in [1.54, 1.807) is 6.92 Å². The number of rotatable bonds is 8. The third-order valence-corrected chi connectivity index (χ3v) is 4.15. The van der Waals surface area contributed by atoms with E-state index in [1.165, 1.54) is 0 Å². The molecule has 3 unspecified atom stereocenters. The number of ether oxygens (including phenoxy) is 2. The highest BCUT2D eigenvalue weighted by Crippen LogP contribution is 2.46. The van der Waals surface area contributed by atoms with Gasteiger partial charge in [0.2, 0.25) is 0 Å². The summed E-state index contributed by atoms with van der Waals surface area (Å²) in [5.41, 5.74) is 7.01. The average molecular weight is 313 g/mol. The molecule has 0 rings (SSSR count). The summed E-state index contributed by atoms with van der Waals surface area (Å²) >= 11 is 0. The SMILES string of the molecule is CCOC(C)OC(=O)C(C)(CC(C)(C)C)C(C)(CC)N=[N+]=[N-]. The van der Waals surface area contributed by atoms with E-state index in [9.17, 15) is 4.79 Å². The number of esters is 1. The minimum absolute atomic E-state index is 0.121. The smallest absolute Gasteiger partial charge is 0.314 e. The van der Waals surface area contributed by atoms with Crippen LogP contribution in [0.4, 0.5) is 0 Å². The molecule has 0 radical (unpaired) electrons. The van der Waals surface area contributed by atoms with Gasteiger partial charge in [0.15, 0.2) is 6.29 Å². The third-order valence-electron chi connectivity index (χ3n) is 4.15. The Labute approximate surface area is 134 Å². The van der Waals surface area contributed by atoms with Crippen molar-refractivity contribution in [1.29, 1.82) is 0 Å². The monoisotopic (exact) mass is 313 g/mol. The maximum atomic E-state index is 12.8. The maximum absolute atomic E-state index is 12.8. The number of azide groups is 1. The number of carbonyl (C=O) groups excluding carboxylic acids is 1. The summed E-state index contributed by atoms with van der Waals surface area (Å²) in [6.07, 6.45) is 0.465.